The van der Waals surface area contributed by atoms with E-state index in [0.29, 0.717) is 16.8 Å². The second-order valence-electron chi connectivity index (χ2n) is 3.98. The van der Waals surface area contributed by atoms with Crippen molar-refractivity contribution in [3.63, 3.8) is 0 Å². The Labute approximate surface area is 103 Å². The smallest absolute Gasteiger partial charge is 0.252 e. The zero-order valence-corrected chi connectivity index (χ0v) is 9.85. The van der Waals surface area contributed by atoms with Crippen LogP contribution in [0.4, 0.5) is 4.39 Å². The zero-order chi connectivity index (χ0) is 13.3. The lowest BCUT2D eigenvalue weighted by Crippen LogP contribution is -2.11. The predicted molar refractivity (Wildman–Crippen MR) is 65.0 cm³/mol. The van der Waals surface area contributed by atoms with Crippen molar-refractivity contribution >= 4 is 5.91 Å². The number of amides is 1. The van der Waals surface area contributed by atoms with Crippen LogP contribution >= 0.6 is 0 Å². The topological polar surface area (TPSA) is 86.9 Å². The minimum absolute atomic E-state index is 0.212. The molecular formula is C12H13FN4O. The summed E-state index contributed by atoms with van der Waals surface area (Å²) in [5, 5.41) is 4.13. The number of rotatable bonds is 3. The maximum Gasteiger partial charge on any atom is 0.252 e. The van der Waals surface area contributed by atoms with Gasteiger partial charge in [-0.25, -0.2) is 4.39 Å². The molecule has 1 aromatic carbocycles. The van der Waals surface area contributed by atoms with E-state index in [9.17, 15) is 9.18 Å². The van der Waals surface area contributed by atoms with Crippen LogP contribution in [0.3, 0.4) is 0 Å². The van der Waals surface area contributed by atoms with E-state index in [1.807, 2.05) is 0 Å². The number of halogens is 1. The van der Waals surface area contributed by atoms with Gasteiger partial charge in [0.2, 0.25) is 0 Å². The molecule has 0 bridgehead atoms. The molecule has 0 saturated carbocycles. The Morgan fingerprint density at radius 1 is 1.44 bits per heavy atom. The van der Waals surface area contributed by atoms with E-state index in [0.717, 1.165) is 0 Å². The normalized spacial score (nSPS) is 10.6. The number of aromatic nitrogens is 2. The molecule has 2 aromatic rings. The molecule has 0 radical (unpaired) electrons. The average molecular weight is 248 g/mol. The maximum atomic E-state index is 13.4. The first kappa shape index (κ1) is 12.3. The van der Waals surface area contributed by atoms with Gasteiger partial charge in [0.25, 0.3) is 5.91 Å². The summed E-state index contributed by atoms with van der Waals surface area (Å²) in [4.78, 5) is 11.3. The number of carbonyl (C=O) groups excluding carboxylic acids is 1. The number of nitrogens with two attached hydrogens (primary N) is 2. The van der Waals surface area contributed by atoms with Gasteiger partial charge < -0.3 is 11.5 Å². The standard InChI is InChI=1S/C12H13FN4O/c1-17-6-10(12(15)18)11(16-17)8-2-7(5-14)3-9(13)4-8/h2-4,6H,5,14H2,1H3,(H2,15,18). The average Bonchev–Trinajstić information content (AvgIpc) is 2.70. The third kappa shape index (κ3) is 2.23. The summed E-state index contributed by atoms with van der Waals surface area (Å²) in [5.41, 5.74) is 12.5. The quantitative estimate of drug-likeness (QED) is 0.841. The fourth-order valence-corrected chi connectivity index (χ4v) is 1.79. The van der Waals surface area contributed by atoms with E-state index in [4.69, 9.17) is 11.5 Å². The molecule has 0 fully saturated rings. The molecule has 0 aliphatic carbocycles. The zero-order valence-electron chi connectivity index (χ0n) is 9.85. The number of carbonyl (C=O) groups is 1. The van der Waals surface area contributed by atoms with Gasteiger partial charge in [-0.3, -0.25) is 9.48 Å². The number of nitrogens with zero attached hydrogens (tertiary/aromatic N) is 2. The number of hydrogen-bond acceptors (Lipinski definition) is 3. The molecule has 0 aliphatic heterocycles. The highest BCUT2D eigenvalue weighted by Gasteiger charge is 2.15. The highest BCUT2D eigenvalue weighted by atomic mass is 19.1. The second kappa shape index (κ2) is 4.58. The van der Waals surface area contributed by atoms with Gasteiger partial charge in [0.15, 0.2) is 0 Å². The first-order valence-corrected chi connectivity index (χ1v) is 5.34. The lowest BCUT2D eigenvalue weighted by molar-refractivity contribution is 0.100. The van der Waals surface area contributed by atoms with Gasteiger partial charge in [0.1, 0.15) is 11.5 Å². The molecular weight excluding hydrogens is 235 g/mol. The Morgan fingerprint density at radius 2 is 2.17 bits per heavy atom. The molecule has 1 heterocycles. The first-order valence-electron chi connectivity index (χ1n) is 5.34. The molecule has 0 aliphatic rings. The van der Waals surface area contributed by atoms with Crippen LogP contribution in [0.25, 0.3) is 11.3 Å². The van der Waals surface area contributed by atoms with Crippen LogP contribution in [0.2, 0.25) is 0 Å². The fourth-order valence-electron chi connectivity index (χ4n) is 1.79. The summed E-state index contributed by atoms with van der Waals surface area (Å²) in [6.45, 7) is 0.212. The molecule has 1 aromatic heterocycles. The lowest BCUT2D eigenvalue weighted by atomic mass is 10.0. The van der Waals surface area contributed by atoms with E-state index in [2.05, 4.69) is 5.10 Å². The van der Waals surface area contributed by atoms with E-state index < -0.39 is 11.7 Å². The third-order valence-corrected chi connectivity index (χ3v) is 2.56. The summed E-state index contributed by atoms with van der Waals surface area (Å²) < 4.78 is 14.9. The Balaban J connectivity index is 2.61. The van der Waals surface area contributed by atoms with Crippen LogP contribution in [0.1, 0.15) is 15.9 Å². The maximum absolute atomic E-state index is 13.4. The summed E-state index contributed by atoms with van der Waals surface area (Å²) in [7, 11) is 1.67. The minimum atomic E-state index is -0.600. The van der Waals surface area contributed by atoms with Gasteiger partial charge in [-0.15, -0.1) is 0 Å². The monoisotopic (exact) mass is 248 g/mol. The number of aryl methyl sites for hydroxylation is 1. The molecule has 94 valence electrons. The minimum Gasteiger partial charge on any atom is -0.365 e. The summed E-state index contributed by atoms with van der Waals surface area (Å²) in [6.07, 6.45) is 1.50. The summed E-state index contributed by atoms with van der Waals surface area (Å²) in [6, 6.07) is 4.34. The molecule has 18 heavy (non-hydrogen) atoms. The second-order valence-corrected chi connectivity index (χ2v) is 3.98. The van der Waals surface area contributed by atoms with E-state index in [1.165, 1.54) is 23.0 Å². The van der Waals surface area contributed by atoms with Gasteiger partial charge in [-0.2, -0.15) is 5.10 Å². The van der Waals surface area contributed by atoms with Crippen molar-refractivity contribution in [2.24, 2.45) is 18.5 Å². The fraction of sp³-hybridized carbons (Fsp3) is 0.167. The van der Waals surface area contributed by atoms with Crippen molar-refractivity contribution in [1.82, 2.24) is 9.78 Å². The molecule has 2 rings (SSSR count). The van der Waals surface area contributed by atoms with E-state index in [1.54, 1.807) is 13.1 Å². The van der Waals surface area contributed by atoms with Crippen molar-refractivity contribution in [2.45, 2.75) is 6.54 Å². The molecule has 0 unspecified atom stereocenters. The number of benzene rings is 1. The Bertz CT molecular complexity index is 606. The van der Waals surface area contributed by atoms with E-state index in [-0.39, 0.29) is 12.1 Å². The Hall–Kier alpha value is -2.21. The molecule has 0 atom stereocenters. The van der Waals surface area contributed by atoms with Gasteiger partial charge >= 0.3 is 0 Å². The van der Waals surface area contributed by atoms with Crippen LogP contribution in [-0.2, 0) is 13.6 Å². The molecule has 1 amide bonds. The molecule has 6 heteroatoms. The largest absolute Gasteiger partial charge is 0.365 e. The molecule has 0 saturated heterocycles. The highest BCUT2D eigenvalue weighted by molar-refractivity contribution is 5.98. The van der Waals surface area contributed by atoms with Crippen LogP contribution in [0.5, 0.6) is 0 Å². The first-order chi connectivity index (χ1) is 8.51. The van der Waals surface area contributed by atoms with E-state index >= 15 is 0 Å². The molecule has 4 N–H and O–H groups in total. The summed E-state index contributed by atoms with van der Waals surface area (Å²) >= 11 is 0. The van der Waals surface area contributed by atoms with Gasteiger partial charge in [-0.05, 0) is 23.8 Å². The molecule has 0 spiro atoms. The van der Waals surface area contributed by atoms with Crippen LogP contribution in [0.15, 0.2) is 24.4 Å². The number of primary amides is 1. The molecule has 5 nitrogen and oxygen atoms in total. The Morgan fingerprint density at radius 3 is 2.78 bits per heavy atom. The predicted octanol–water partition coefficient (Wildman–Crippen LogP) is 0.784. The lowest BCUT2D eigenvalue weighted by Gasteiger charge is -2.03. The van der Waals surface area contributed by atoms with Crippen molar-refractivity contribution in [1.29, 1.82) is 0 Å². The SMILES string of the molecule is Cn1cc(C(N)=O)c(-c2cc(F)cc(CN)c2)n1. The van der Waals surface area contributed by atoms with Gasteiger partial charge in [-0.1, -0.05) is 0 Å². The van der Waals surface area contributed by atoms with Crippen LogP contribution in [0, 0.1) is 5.82 Å². The van der Waals surface area contributed by atoms with Gasteiger partial charge in [0.05, 0.1) is 5.56 Å². The van der Waals surface area contributed by atoms with Crippen molar-refractivity contribution in [2.75, 3.05) is 0 Å². The van der Waals surface area contributed by atoms with Crippen LogP contribution < -0.4 is 11.5 Å². The number of hydrogen-bond donors (Lipinski definition) is 2. The van der Waals surface area contributed by atoms with Crippen molar-refractivity contribution in [3.05, 3.63) is 41.3 Å². The van der Waals surface area contributed by atoms with Crippen molar-refractivity contribution < 1.29 is 9.18 Å². The van der Waals surface area contributed by atoms with Gasteiger partial charge in [0, 0.05) is 25.4 Å². The Kier molecular flexibility index (Phi) is 3.12. The third-order valence-electron chi connectivity index (χ3n) is 2.56. The summed E-state index contributed by atoms with van der Waals surface area (Å²) in [5.74, 6) is -1.02. The van der Waals surface area contributed by atoms with Crippen LogP contribution in [-0.4, -0.2) is 15.7 Å². The highest BCUT2D eigenvalue weighted by Crippen LogP contribution is 2.23. The van der Waals surface area contributed by atoms with Crippen molar-refractivity contribution in [3.8, 4) is 11.3 Å².